The number of benzene rings is 1. The van der Waals surface area contributed by atoms with Crippen LogP contribution < -0.4 is 0 Å². The van der Waals surface area contributed by atoms with Gasteiger partial charge in [0.2, 0.25) is 0 Å². The van der Waals surface area contributed by atoms with Gasteiger partial charge in [-0.05, 0) is 60.1 Å². The molecule has 1 N–H and O–H groups in total. The minimum absolute atomic E-state index is 0.704. The van der Waals surface area contributed by atoms with E-state index < -0.39 is 0 Å². The first-order valence-corrected chi connectivity index (χ1v) is 8.25. The Bertz CT molecular complexity index is 768. The molecule has 3 aromatic rings. The van der Waals surface area contributed by atoms with Crippen LogP contribution in [0.25, 0.3) is 10.9 Å². The highest BCUT2D eigenvalue weighted by Gasteiger charge is 2.08. The van der Waals surface area contributed by atoms with Crippen molar-refractivity contribution in [3.63, 3.8) is 0 Å². The first-order chi connectivity index (χ1) is 11.2. The van der Waals surface area contributed by atoms with Gasteiger partial charge < -0.3 is 9.88 Å². The van der Waals surface area contributed by atoms with Crippen LogP contribution in [-0.4, -0.2) is 49.7 Å². The summed E-state index contributed by atoms with van der Waals surface area (Å²) >= 11 is 0. The molecule has 0 spiro atoms. The molecule has 2 heterocycles. The number of H-pyrrole nitrogens is 1. The third-order valence-electron chi connectivity index (χ3n) is 4.47. The van der Waals surface area contributed by atoms with Gasteiger partial charge in [0.1, 0.15) is 5.82 Å². The van der Waals surface area contributed by atoms with Gasteiger partial charge in [0.15, 0.2) is 0 Å². The molecule has 0 amide bonds. The van der Waals surface area contributed by atoms with Crippen LogP contribution in [0.1, 0.15) is 30.8 Å². The van der Waals surface area contributed by atoms with E-state index in [1.54, 1.807) is 0 Å². The number of nitrogens with zero attached hydrogens (tertiary/aromatic N) is 5. The summed E-state index contributed by atoms with van der Waals surface area (Å²) in [7, 11) is 0. The fraction of sp³-hybridized carbons (Fsp3) is 0.471. The highest BCUT2D eigenvalue weighted by molar-refractivity contribution is 5.83. The van der Waals surface area contributed by atoms with Gasteiger partial charge in [-0.25, -0.2) is 4.68 Å². The predicted octanol–water partition coefficient (Wildman–Crippen LogP) is 2.40. The average molecular weight is 312 g/mol. The van der Waals surface area contributed by atoms with Crippen LogP contribution in [-0.2, 0) is 13.0 Å². The summed E-state index contributed by atoms with van der Waals surface area (Å²) in [6.45, 7) is 10.3. The van der Waals surface area contributed by atoms with Gasteiger partial charge in [0.25, 0.3) is 0 Å². The van der Waals surface area contributed by atoms with Gasteiger partial charge in [-0.1, -0.05) is 19.9 Å². The van der Waals surface area contributed by atoms with Crippen LogP contribution in [0.2, 0.25) is 0 Å². The maximum absolute atomic E-state index is 4.02. The Hall–Kier alpha value is -2.21. The van der Waals surface area contributed by atoms with Crippen molar-refractivity contribution >= 4 is 10.9 Å². The maximum Gasteiger partial charge on any atom is 0.148 e. The monoisotopic (exact) mass is 312 g/mol. The molecule has 0 aliphatic heterocycles. The Labute approximate surface area is 136 Å². The number of aryl methyl sites for hydroxylation is 1. The molecule has 0 radical (unpaired) electrons. The van der Waals surface area contributed by atoms with Gasteiger partial charge in [-0.3, -0.25) is 0 Å². The van der Waals surface area contributed by atoms with Crippen LogP contribution in [0, 0.1) is 6.92 Å². The molecule has 6 heteroatoms. The molecular formula is C17H24N6. The summed E-state index contributed by atoms with van der Waals surface area (Å²) in [4.78, 5) is 5.83. The van der Waals surface area contributed by atoms with E-state index in [1.807, 2.05) is 11.6 Å². The van der Waals surface area contributed by atoms with Gasteiger partial charge >= 0.3 is 0 Å². The van der Waals surface area contributed by atoms with Gasteiger partial charge in [0.05, 0.1) is 6.54 Å². The number of rotatable bonds is 7. The zero-order valence-electron chi connectivity index (χ0n) is 14.1. The Kier molecular flexibility index (Phi) is 4.71. The Morgan fingerprint density at radius 2 is 2.04 bits per heavy atom. The van der Waals surface area contributed by atoms with E-state index in [0.717, 1.165) is 31.9 Å². The number of aromatic amines is 1. The number of fused-ring (bicyclic) bond motifs is 1. The second-order valence-corrected chi connectivity index (χ2v) is 5.85. The molecule has 2 aromatic heterocycles. The zero-order chi connectivity index (χ0) is 16.2. The molecule has 0 saturated carbocycles. The van der Waals surface area contributed by atoms with E-state index in [9.17, 15) is 0 Å². The smallest absolute Gasteiger partial charge is 0.148 e. The predicted molar refractivity (Wildman–Crippen MR) is 91.4 cm³/mol. The molecule has 6 nitrogen and oxygen atoms in total. The molecule has 1 aromatic carbocycles. The lowest BCUT2D eigenvalue weighted by molar-refractivity contribution is 0.308. The van der Waals surface area contributed by atoms with Crippen molar-refractivity contribution in [2.75, 3.05) is 19.6 Å². The molecule has 0 aliphatic rings. The SMILES string of the molecule is CCN(CC)CCc1c[nH]c2ccc(Cn3nnnc3C)cc12. The second kappa shape index (κ2) is 6.91. The Morgan fingerprint density at radius 3 is 2.74 bits per heavy atom. The molecule has 3 rings (SSSR count). The number of tetrazole rings is 1. The van der Waals surface area contributed by atoms with E-state index in [0.29, 0.717) is 6.54 Å². The number of aromatic nitrogens is 5. The van der Waals surface area contributed by atoms with E-state index in [1.165, 1.54) is 22.0 Å². The molecule has 23 heavy (non-hydrogen) atoms. The molecule has 0 aliphatic carbocycles. The second-order valence-electron chi connectivity index (χ2n) is 5.85. The number of hydrogen-bond donors (Lipinski definition) is 1. The Balaban J connectivity index is 1.80. The lowest BCUT2D eigenvalue weighted by Gasteiger charge is -2.17. The molecule has 122 valence electrons. The number of hydrogen-bond acceptors (Lipinski definition) is 4. The first kappa shape index (κ1) is 15.7. The van der Waals surface area contributed by atoms with E-state index in [2.05, 4.69) is 63.7 Å². The van der Waals surface area contributed by atoms with Crippen molar-refractivity contribution < 1.29 is 0 Å². The minimum atomic E-state index is 0.704. The highest BCUT2D eigenvalue weighted by atomic mass is 15.5. The van der Waals surface area contributed by atoms with Crippen molar-refractivity contribution in [2.45, 2.75) is 33.7 Å². The summed E-state index contributed by atoms with van der Waals surface area (Å²) in [5.41, 5.74) is 3.79. The fourth-order valence-corrected chi connectivity index (χ4v) is 2.92. The highest BCUT2D eigenvalue weighted by Crippen LogP contribution is 2.21. The van der Waals surface area contributed by atoms with Gasteiger partial charge in [-0.15, -0.1) is 5.10 Å². The molecule has 0 fully saturated rings. The Morgan fingerprint density at radius 1 is 1.22 bits per heavy atom. The lowest BCUT2D eigenvalue weighted by Crippen LogP contribution is -2.25. The van der Waals surface area contributed by atoms with Crippen molar-refractivity contribution in [1.82, 2.24) is 30.1 Å². The molecular weight excluding hydrogens is 288 g/mol. The fourth-order valence-electron chi connectivity index (χ4n) is 2.92. The number of likely N-dealkylation sites (N-methyl/N-ethyl adjacent to an activating group) is 1. The van der Waals surface area contributed by atoms with Crippen molar-refractivity contribution in [1.29, 1.82) is 0 Å². The molecule has 0 bridgehead atoms. The zero-order valence-corrected chi connectivity index (χ0v) is 14.1. The van der Waals surface area contributed by atoms with Crippen molar-refractivity contribution in [3.05, 3.63) is 41.3 Å². The summed E-state index contributed by atoms with van der Waals surface area (Å²) in [5.74, 6) is 0.834. The third kappa shape index (κ3) is 3.42. The summed E-state index contributed by atoms with van der Waals surface area (Å²) < 4.78 is 1.82. The molecule has 0 atom stereocenters. The lowest BCUT2D eigenvalue weighted by atomic mass is 10.1. The topological polar surface area (TPSA) is 62.6 Å². The third-order valence-corrected chi connectivity index (χ3v) is 4.47. The van der Waals surface area contributed by atoms with E-state index >= 15 is 0 Å². The summed E-state index contributed by atoms with van der Waals surface area (Å²) in [6.07, 6.45) is 3.20. The van der Waals surface area contributed by atoms with Gasteiger partial charge in [-0.2, -0.15) is 0 Å². The van der Waals surface area contributed by atoms with E-state index in [-0.39, 0.29) is 0 Å². The molecule has 0 saturated heterocycles. The van der Waals surface area contributed by atoms with Crippen LogP contribution >= 0.6 is 0 Å². The van der Waals surface area contributed by atoms with Crippen molar-refractivity contribution in [3.8, 4) is 0 Å². The standard InChI is InChI=1S/C17H24N6/c1-4-22(5-2)9-8-15-11-18-17-7-6-14(10-16(15)17)12-23-13(3)19-20-21-23/h6-7,10-11,18H,4-5,8-9,12H2,1-3H3. The molecule has 0 unspecified atom stereocenters. The first-order valence-electron chi connectivity index (χ1n) is 8.25. The van der Waals surface area contributed by atoms with Crippen LogP contribution in [0.4, 0.5) is 0 Å². The summed E-state index contributed by atoms with van der Waals surface area (Å²) in [5, 5.41) is 13.0. The quantitative estimate of drug-likeness (QED) is 0.727. The van der Waals surface area contributed by atoms with E-state index in [4.69, 9.17) is 0 Å². The van der Waals surface area contributed by atoms with Crippen LogP contribution in [0.5, 0.6) is 0 Å². The largest absolute Gasteiger partial charge is 0.361 e. The average Bonchev–Trinajstić information content (AvgIpc) is 3.15. The normalized spacial score (nSPS) is 11.7. The van der Waals surface area contributed by atoms with Crippen molar-refractivity contribution in [2.24, 2.45) is 0 Å². The maximum atomic E-state index is 4.02. The van der Waals surface area contributed by atoms with Crippen LogP contribution in [0.3, 0.4) is 0 Å². The van der Waals surface area contributed by atoms with Gasteiger partial charge in [0, 0.05) is 23.6 Å². The summed E-state index contributed by atoms with van der Waals surface area (Å²) in [6, 6.07) is 6.53. The van der Waals surface area contributed by atoms with Crippen LogP contribution in [0.15, 0.2) is 24.4 Å². The number of nitrogens with one attached hydrogen (secondary N) is 1. The minimum Gasteiger partial charge on any atom is -0.361 e.